The average molecular weight is 432 g/mol. The number of aromatic nitrogens is 3. The van der Waals surface area contributed by atoms with E-state index in [9.17, 15) is 13.6 Å². The van der Waals surface area contributed by atoms with E-state index in [1.807, 2.05) is 0 Å². The van der Waals surface area contributed by atoms with Crippen molar-refractivity contribution in [3.63, 3.8) is 0 Å². The maximum absolute atomic E-state index is 14.0. The van der Waals surface area contributed by atoms with Gasteiger partial charge in [0.05, 0.1) is 19.0 Å². The highest BCUT2D eigenvalue weighted by molar-refractivity contribution is 6.00. The highest BCUT2D eigenvalue weighted by atomic mass is 19.1. The Hall–Kier alpha value is -3.43. The predicted molar refractivity (Wildman–Crippen MR) is 115 cm³/mol. The first kappa shape index (κ1) is 22.3. The Kier molecular flexibility index (Phi) is 6.28. The number of carbonyl (C=O) groups is 1. The van der Waals surface area contributed by atoms with Crippen LogP contribution in [-0.2, 0) is 0 Å². The SMILES string of the molecule is CCC(C)(C)CNC(=O)c1cnn2c(NC)cc(Nc3cc(F)cc(F)c3OC)nc12. The second kappa shape index (κ2) is 8.75. The minimum absolute atomic E-state index is 0.0487. The van der Waals surface area contributed by atoms with Gasteiger partial charge in [0, 0.05) is 31.8 Å². The third kappa shape index (κ3) is 4.68. The molecule has 1 aromatic carbocycles. The Labute approximate surface area is 179 Å². The normalized spacial score (nSPS) is 11.5. The van der Waals surface area contributed by atoms with Crippen molar-refractivity contribution in [2.24, 2.45) is 5.41 Å². The summed E-state index contributed by atoms with van der Waals surface area (Å²) in [7, 11) is 2.97. The molecule has 0 bridgehead atoms. The van der Waals surface area contributed by atoms with E-state index in [-0.39, 0.29) is 39.8 Å². The van der Waals surface area contributed by atoms with Crippen LogP contribution in [0.15, 0.2) is 24.4 Å². The van der Waals surface area contributed by atoms with Crippen molar-refractivity contribution in [2.75, 3.05) is 31.3 Å². The highest BCUT2D eigenvalue weighted by Gasteiger charge is 2.21. The molecule has 3 aromatic rings. The standard InChI is InChI=1S/C21H26F2N6O2/c1-6-21(2,3)11-25-20(30)13-10-26-29-17(24-4)9-16(28-19(13)29)27-15-8-12(22)7-14(23)18(15)31-5/h7-10,24H,6,11H2,1-5H3,(H,25,30)(H,27,28). The predicted octanol–water partition coefficient (Wildman–Crippen LogP) is 3.97. The highest BCUT2D eigenvalue weighted by Crippen LogP contribution is 2.32. The van der Waals surface area contributed by atoms with Gasteiger partial charge in [-0.2, -0.15) is 9.61 Å². The lowest BCUT2D eigenvalue weighted by Crippen LogP contribution is -2.33. The van der Waals surface area contributed by atoms with Gasteiger partial charge in [-0.1, -0.05) is 20.8 Å². The zero-order valence-electron chi connectivity index (χ0n) is 18.1. The second-order valence-corrected chi connectivity index (χ2v) is 7.86. The van der Waals surface area contributed by atoms with Crippen LogP contribution in [0.1, 0.15) is 37.6 Å². The summed E-state index contributed by atoms with van der Waals surface area (Å²) in [5.74, 6) is -1.29. The van der Waals surface area contributed by atoms with E-state index in [2.05, 4.69) is 46.8 Å². The van der Waals surface area contributed by atoms with E-state index in [1.54, 1.807) is 13.1 Å². The maximum Gasteiger partial charge on any atom is 0.256 e. The number of hydrogen-bond donors (Lipinski definition) is 3. The van der Waals surface area contributed by atoms with Gasteiger partial charge in [0.15, 0.2) is 17.2 Å². The second-order valence-electron chi connectivity index (χ2n) is 7.86. The van der Waals surface area contributed by atoms with E-state index < -0.39 is 11.6 Å². The Bertz CT molecular complexity index is 1110. The first-order valence-corrected chi connectivity index (χ1v) is 9.84. The minimum atomic E-state index is -0.845. The monoisotopic (exact) mass is 432 g/mol. The van der Waals surface area contributed by atoms with Crippen molar-refractivity contribution in [1.82, 2.24) is 19.9 Å². The summed E-state index contributed by atoms with van der Waals surface area (Å²) in [4.78, 5) is 17.2. The van der Waals surface area contributed by atoms with Crippen LogP contribution in [0.2, 0.25) is 0 Å². The number of nitrogens with one attached hydrogen (secondary N) is 3. The Morgan fingerprint density at radius 2 is 2.00 bits per heavy atom. The zero-order valence-corrected chi connectivity index (χ0v) is 18.1. The largest absolute Gasteiger partial charge is 0.492 e. The number of ether oxygens (including phenoxy) is 1. The quantitative estimate of drug-likeness (QED) is 0.499. The number of amides is 1. The molecule has 8 nitrogen and oxygen atoms in total. The van der Waals surface area contributed by atoms with Gasteiger partial charge in [-0.3, -0.25) is 4.79 Å². The summed E-state index contributed by atoms with van der Waals surface area (Å²) in [6.45, 7) is 6.68. The summed E-state index contributed by atoms with van der Waals surface area (Å²) in [6, 6.07) is 3.44. The summed E-state index contributed by atoms with van der Waals surface area (Å²) in [6.07, 6.45) is 2.34. The number of hydrogen-bond acceptors (Lipinski definition) is 6. The summed E-state index contributed by atoms with van der Waals surface area (Å²) < 4.78 is 34.3. The van der Waals surface area contributed by atoms with E-state index in [4.69, 9.17) is 4.74 Å². The van der Waals surface area contributed by atoms with Gasteiger partial charge in [-0.05, 0) is 11.8 Å². The van der Waals surface area contributed by atoms with Gasteiger partial charge in [0.1, 0.15) is 23.0 Å². The van der Waals surface area contributed by atoms with Gasteiger partial charge in [0.2, 0.25) is 0 Å². The molecule has 1 amide bonds. The van der Waals surface area contributed by atoms with E-state index in [0.717, 1.165) is 18.6 Å². The zero-order chi connectivity index (χ0) is 22.8. The Balaban J connectivity index is 2.00. The molecule has 0 aliphatic rings. The van der Waals surface area contributed by atoms with Crippen molar-refractivity contribution >= 4 is 28.9 Å². The smallest absolute Gasteiger partial charge is 0.256 e. The number of nitrogens with zero attached hydrogens (tertiary/aromatic N) is 3. The topological polar surface area (TPSA) is 92.6 Å². The van der Waals surface area contributed by atoms with E-state index >= 15 is 0 Å². The van der Waals surface area contributed by atoms with Crippen molar-refractivity contribution in [2.45, 2.75) is 27.2 Å². The van der Waals surface area contributed by atoms with Crippen LogP contribution in [-0.4, -0.2) is 41.2 Å². The molecule has 0 fully saturated rings. The summed E-state index contributed by atoms with van der Waals surface area (Å²) in [5.41, 5.74) is 0.586. The average Bonchev–Trinajstić information content (AvgIpc) is 3.15. The number of halogens is 2. The molecule has 0 atom stereocenters. The number of benzene rings is 1. The van der Waals surface area contributed by atoms with Gasteiger partial charge >= 0.3 is 0 Å². The lowest BCUT2D eigenvalue weighted by molar-refractivity contribution is 0.0937. The van der Waals surface area contributed by atoms with Crippen molar-refractivity contribution in [3.05, 3.63) is 41.6 Å². The molecule has 3 rings (SSSR count). The fraction of sp³-hybridized carbons (Fsp3) is 0.381. The van der Waals surface area contributed by atoms with Crippen molar-refractivity contribution < 1.29 is 18.3 Å². The molecule has 2 heterocycles. The molecule has 166 valence electrons. The van der Waals surface area contributed by atoms with Crippen LogP contribution in [0.25, 0.3) is 5.65 Å². The van der Waals surface area contributed by atoms with Crippen LogP contribution in [0, 0.1) is 17.0 Å². The van der Waals surface area contributed by atoms with Gasteiger partial charge in [0.25, 0.3) is 5.91 Å². The molecule has 0 spiro atoms. The molecule has 2 aromatic heterocycles. The molecule has 0 aliphatic carbocycles. The molecule has 10 heteroatoms. The fourth-order valence-electron chi connectivity index (χ4n) is 2.90. The summed E-state index contributed by atoms with van der Waals surface area (Å²) >= 11 is 0. The van der Waals surface area contributed by atoms with Crippen LogP contribution < -0.4 is 20.7 Å². The molecule has 31 heavy (non-hydrogen) atoms. The number of methoxy groups -OCH3 is 1. The van der Waals surface area contributed by atoms with Gasteiger partial charge in [-0.25, -0.2) is 13.8 Å². The Morgan fingerprint density at radius 1 is 1.26 bits per heavy atom. The number of carbonyl (C=O) groups excluding carboxylic acids is 1. The molecule has 0 radical (unpaired) electrons. The third-order valence-electron chi connectivity index (χ3n) is 5.13. The van der Waals surface area contributed by atoms with Crippen molar-refractivity contribution in [1.29, 1.82) is 0 Å². The van der Waals surface area contributed by atoms with Gasteiger partial charge in [-0.15, -0.1) is 0 Å². The van der Waals surface area contributed by atoms with Gasteiger partial charge < -0.3 is 20.7 Å². The Morgan fingerprint density at radius 3 is 2.65 bits per heavy atom. The number of rotatable bonds is 8. The van der Waals surface area contributed by atoms with E-state index in [0.29, 0.717) is 12.4 Å². The first-order chi connectivity index (χ1) is 14.7. The lowest BCUT2D eigenvalue weighted by atomic mass is 9.90. The lowest BCUT2D eigenvalue weighted by Gasteiger charge is -2.22. The van der Waals surface area contributed by atoms with E-state index in [1.165, 1.54) is 17.8 Å². The van der Waals surface area contributed by atoms with Crippen LogP contribution >= 0.6 is 0 Å². The number of fused-ring (bicyclic) bond motifs is 1. The fourth-order valence-corrected chi connectivity index (χ4v) is 2.90. The van der Waals surface area contributed by atoms with Crippen LogP contribution in [0.3, 0.4) is 0 Å². The molecule has 3 N–H and O–H groups in total. The molecular formula is C21H26F2N6O2. The third-order valence-corrected chi connectivity index (χ3v) is 5.13. The summed E-state index contributed by atoms with van der Waals surface area (Å²) in [5, 5.41) is 13.0. The van der Waals surface area contributed by atoms with Crippen LogP contribution in [0.4, 0.5) is 26.1 Å². The van der Waals surface area contributed by atoms with Crippen molar-refractivity contribution in [3.8, 4) is 5.75 Å². The maximum atomic E-state index is 14.0. The minimum Gasteiger partial charge on any atom is -0.492 e. The van der Waals surface area contributed by atoms with Crippen LogP contribution in [0.5, 0.6) is 5.75 Å². The number of anilines is 3. The molecular weight excluding hydrogens is 406 g/mol. The molecule has 0 saturated heterocycles. The molecule has 0 unspecified atom stereocenters. The molecule has 0 saturated carbocycles. The molecule has 0 aliphatic heterocycles. The first-order valence-electron chi connectivity index (χ1n) is 9.84.